The van der Waals surface area contributed by atoms with Gasteiger partial charge in [-0.05, 0) is 72.6 Å². The fourth-order valence-corrected chi connectivity index (χ4v) is 5.64. The molecule has 3 rings (SSSR count). The van der Waals surface area contributed by atoms with Crippen LogP contribution in [-0.4, -0.2) is 56.0 Å². The van der Waals surface area contributed by atoms with Gasteiger partial charge in [0.2, 0.25) is 11.8 Å². The Kier molecular flexibility index (Phi) is 15.4. The van der Waals surface area contributed by atoms with Crippen LogP contribution in [0.5, 0.6) is 0 Å². The summed E-state index contributed by atoms with van der Waals surface area (Å²) < 4.78 is 46.2. The summed E-state index contributed by atoms with van der Waals surface area (Å²) in [5.41, 5.74) is 1.03. The smallest absolute Gasteiger partial charge is 0.310 e. The van der Waals surface area contributed by atoms with Gasteiger partial charge in [0.05, 0.1) is 6.42 Å². The van der Waals surface area contributed by atoms with E-state index in [1.165, 1.54) is 12.2 Å². The molecule has 8 nitrogen and oxygen atoms in total. The number of amides is 3. The van der Waals surface area contributed by atoms with Crippen molar-refractivity contribution in [3.63, 3.8) is 0 Å². The predicted molar refractivity (Wildman–Crippen MR) is 202 cm³/mol. The lowest BCUT2D eigenvalue weighted by Gasteiger charge is -2.31. The van der Waals surface area contributed by atoms with E-state index >= 15 is 0 Å². The van der Waals surface area contributed by atoms with E-state index in [2.05, 4.69) is 22.5 Å². The van der Waals surface area contributed by atoms with Gasteiger partial charge in [0.15, 0.2) is 12.1 Å². The highest BCUT2D eigenvalue weighted by molar-refractivity contribution is 6.11. The first-order valence-electron chi connectivity index (χ1n) is 17.5. The average Bonchev–Trinajstić information content (AvgIpc) is 3.39. The van der Waals surface area contributed by atoms with Crippen molar-refractivity contribution in [2.24, 2.45) is 0 Å². The number of likely N-dealkylation sites (N-methyl/N-ethyl adjacent to an activating group) is 2. The third-order valence-electron chi connectivity index (χ3n) is 8.68. The van der Waals surface area contributed by atoms with Gasteiger partial charge in [0.25, 0.3) is 11.8 Å². The molecule has 0 aromatic heterocycles. The topological polar surface area (TPSA) is 114 Å². The second kappa shape index (κ2) is 19.4. The molecule has 0 aliphatic heterocycles. The third kappa shape index (κ3) is 10.6. The van der Waals surface area contributed by atoms with E-state index in [0.717, 1.165) is 18.6 Å². The normalized spacial score (nSPS) is 13.8. The minimum atomic E-state index is -3.62. The van der Waals surface area contributed by atoms with Crippen LogP contribution in [0.3, 0.4) is 0 Å². The zero-order valence-corrected chi connectivity index (χ0v) is 30.9. The highest BCUT2D eigenvalue weighted by atomic mass is 19.3. The van der Waals surface area contributed by atoms with E-state index in [9.17, 15) is 32.3 Å². The van der Waals surface area contributed by atoms with E-state index in [0.29, 0.717) is 34.4 Å². The molecule has 3 N–H and O–H groups in total. The number of benzene rings is 2. The van der Waals surface area contributed by atoms with Gasteiger partial charge in [-0.3, -0.25) is 19.2 Å². The molecule has 3 amide bonds. The summed E-state index contributed by atoms with van der Waals surface area (Å²) in [6.07, 6.45) is 11.2. The van der Waals surface area contributed by atoms with Crippen LogP contribution in [0.4, 0.5) is 18.9 Å². The minimum Gasteiger partial charge on any atom is -0.463 e. The number of ether oxygens (including phenoxy) is 1. The molecule has 0 saturated heterocycles. The molecule has 0 spiro atoms. The first-order chi connectivity index (χ1) is 25.2. The highest BCUT2D eigenvalue weighted by Crippen LogP contribution is 2.31. The Hall–Kier alpha value is -5.45. The van der Waals surface area contributed by atoms with E-state index in [-0.39, 0.29) is 31.0 Å². The van der Waals surface area contributed by atoms with E-state index in [4.69, 9.17) is 4.74 Å². The maximum Gasteiger partial charge on any atom is 0.310 e. The zero-order valence-electron chi connectivity index (χ0n) is 30.9. The van der Waals surface area contributed by atoms with Crippen LogP contribution in [0.2, 0.25) is 0 Å². The van der Waals surface area contributed by atoms with Crippen LogP contribution >= 0.6 is 0 Å². The number of carbonyl (C=O) groups is 4. The first kappa shape index (κ1) is 42.0. The quantitative estimate of drug-likeness (QED) is 0.0886. The van der Waals surface area contributed by atoms with Crippen molar-refractivity contribution in [1.82, 2.24) is 10.6 Å². The molecule has 282 valence electrons. The average molecular weight is 732 g/mol. The number of hydrogen-bond donors (Lipinski definition) is 3. The highest BCUT2D eigenvalue weighted by Gasteiger charge is 2.48. The molecule has 0 bridgehead atoms. The standard InChI is InChI=1S/C42H48F3N3O5/c1-7-31(22-20-29(6)42(44,45)26-43)33-18-14-11-15-19-34(33)38(50)48-36-23-21-30(24-35(36)28(4)5)25-37(49)53-27-41(39(51)46-8-2,40(52)47-9-3)32-16-12-10-13-17-32/h7,10-14,16-24,28H,1,8-9,15,25-27H2,2-6H3,(H,46,51)(H,47,52)(H,48,50)/b29-20+,31-22+. The van der Waals surface area contributed by atoms with Gasteiger partial charge in [-0.25, -0.2) is 4.39 Å². The first-order valence-corrected chi connectivity index (χ1v) is 17.5. The number of rotatable bonds is 17. The molecule has 1 aliphatic carbocycles. The van der Waals surface area contributed by atoms with Gasteiger partial charge < -0.3 is 20.7 Å². The van der Waals surface area contributed by atoms with Crippen molar-refractivity contribution in [2.75, 3.05) is 31.7 Å². The van der Waals surface area contributed by atoms with Crippen molar-refractivity contribution < 1.29 is 37.1 Å². The fraction of sp³-hybridized carbons (Fsp3) is 0.333. The largest absolute Gasteiger partial charge is 0.463 e. The van der Waals surface area contributed by atoms with Crippen molar-refractivity contribution in [2.45, 2.75) is 64.7 Å². The van der Waals surface area contributed by atoms with E-state index < -0.39 is 53.9 Å². The van der Waals surface area contributed by atoms with Crippen molar-refractivity contribution in [1.29, 1.82) is 0 Å². The molecule has 0 unspecified atom stereocenters. The summed E-state index contributed by atoms with van der Waals surface area (Å²) >= 11 is 0. The molecular weight excluding hydrogens is 683 g/mol. The second-order valence-electron chi connectivity index (χ2n) is 12.7. The summed E-state index contributed by atoms with van der Waals surface area (Å²) in [4.78, 5) is 54.0. The van der Waals surface area contributed by atoms with Gasteiger partial charge in [-0.15, -0.1) is 0 Å². The zero-order chi connectivity index (χ0) is 39.2. The maximum absolute atomic E-state index is 13.9. The number of anilines is 1. The summed E-state index contributed by atoms with van der Waals surface area (Å²) in [5.74, 6) is -6.00. The molecule has 11 heteroatoms. The number of nitrogens with one attached hydrogen (secondary N) is 3. The van der Waals surface area contributed by atoms with Crippen molar-refractivity contribution in [3.05, 3.63) is 137 Å². The minimum absolute atomic E-state index is 0.0869. The maximum atomic E-state index is 13.9. The Morgan fingerprint density at radius 2 is 1.62 bits per heavy atom. The van der Waals surface area contributed by atoms with Gasteiger partial charge in [0.1, 0.15) is 6.61 Å². The molecular formula is C42H48F3N3O5. The number of allylic oxidation sites excluding steroid dienone is 9. The van der Waals surface area contributed by atoms with Crippen LogP contribution in [0.1, 0.15) is 63.6 Å². The summed E-state index contributed by atoms with van der Waals surface area (Å²) in [6.45, 7) is 10.4. The molecule has 0 heterocycles. The van der Waals surface area contributed by atoms with Crippen LogP contribution in [-0.2, 0) is 35.8 Å². The number of esters is 1. The Morgan fingerprint density at radius 1 is 0.962 bits per heavy atom. The molecule has 0 fully saturated rings. The molecule has 0 saturated carbocycles. The Labute approximate surface area is 309 Å². The van der Waals surface area contributed by atoms with Gasteiger partial charge in [0, 0.05) is 24.4 Å². The third-order valence-corrected chi connectivity index (χ3v) is 8.68. The fourth-order valence-electron chi connectivity index (χ4n) is 5.64. The molecule has 1 aliphatic rings. The van der Waals surface area contributed by atoms with Crippen molar-refractivity contribution in [3.8, 4) is 0 Å². The van der Waals surface area contributed by atoms with Crippen molar-refractivity contribution >= 4 is 29.4 Å². The van der Waals surface area contributed by atoms with Crippen LogP contribution in [0.25, 0.3) is 0 Å². The molecule has 0 atom stereocenters. The van der Waals surface area contributed by atoms with Gasteiger partial charge in [-0.2, -0.15) is 8.78 Å². The van der Waals surface area contributed by atoms with E-state index in [1.54, 1.807) is 80.6 Å². The Bertz CT molecular complexity index is 1810. The van der Waals surface area contributed by atoms with Crippen LogP contribution in [0, 0.1) is 0 Å². The second-order valence-corrected chi connectivity index (χ2v) is 12.7. The van der Waals surface area contributed by atoms with E-state index in [1.807, 2.05) is 19.9 Å². The Balaban J connectivity index is 1.87. The molecule has 2 aromatic rings. The lowest BCUT2D eigenvalue weighted by molar-refractivity contribution is -0.150. The number of halogens is 3. The number of carbonyl (C=O) groups excluding carboxylic acids is 4. The lowest BCUT2D eigenvalue weighted by Crippen LogP contribution is -2.57. The molecule has 2 aromatic carbocycles. The molecule has 0 radical (unpaired) electrons. The molecule has 53 heavy (non-hydrogen) atoms. The van der Waals surface area contributed by atoms with Crippen LogP contribution < -0.4 is 16.0 Å². The summed E-state index contributed by atoms with van der Waals surface area (Å²) in [5, 5.41) is 8.38. The van der Waals surface area contributed by atoms with Gasteiger partial charge >= 0.3 is 5.97 Å². The monoisotopic (exact) mass is 731 g/mol. The lowest BCUT2D eigenvalue weighted by atomic mass is 9.79. The Morgan fingerprint density at radius 3 is 2.21 bits per heavy atom. The number of alkyl halides is 3. The summed E-state index contributed by atoms with van der Waals surface area (Å²) in [6, 6.07) is 13.6. The van der Waals surface area contributed by atoms with Gasteiger partial charge in [-0.1, -0.05) is 105 Å². The number of hydrogen-bond acceptors (Lipinski definition) is 5. The summed E-state index contributed by atoms with van der Waals surface area (Å²) in [7, 11) is 0. The predicted octanol–water partition coefficient (Wildman–Crippen LogP) is 7.52. The van der Waals surface area contributed by atoms with Crippen LogP contribution in [0.15, 0.2) is 120 Å². The SMILES string of the molecule is C=C/C(=C\C=C(/C)C(F)(F)CF)C1=CC=CCC=C1C(=O)Nc1ccc(CC(=O)OCC(C(=O)NCC)(C(=O)NCC)c2ccccc2)cc1C(C)C.